The van der Waals surface area contributed by atoms with Crippen LogP contribution in [0.4, 0.5) is 0 Å². The molecule has 154 valence electrons. The third-order valence-corrected chi connectivity index (χ3v) is 6.24. The van der Waals surface area contributed by atoms with Gasteiger partial charge >= 0.3 is 0 Å². The maximum atomic E-state index is 5.50. The van der Waals surface area contributed by atoms with Crippen molar-refractivity contribution in [3.05, 3.63) is 22.4 Å². The molecule has 0 saturated carbocycles. The Balaban J connectivity index is 0.00000261. The number of likely N-dealkylation sites (tertiary alicyclic amines) is 1. The summed E-state index contributed by atoms with van der Waals surface area (Å²) in [6, 6.07) is 5.30. The summed E-state index contributed by atoms with van der Waals surface area (Å²) in [6.45, 7) is 9.86. The van der Waals surface area contributed by atoms with Gasteiger partial charge in [-0.1, -0.05) is 6.07 Å². The van der Waals surface area contributed by atoms with E-state index in [2.05, 4.69) is 58.5 Å². The Morgan fingerprint density at radius 2 is 2.15 bits per heavy atom. The molecule has 0 radical (unpaired) electrons. The van der Waals surface area contributed by atoms with E-state index in [4.69, 9.17) is 9.73 Å². The van der Waals surface area contributed by atoms with Crippen molar-refractivity contribution in [3.63, 3.8) is 0 Å². The first-order chi connectivity index (χ1) is 12.7. The van der Waals surface area contributed by atoms with E-state index in [0.29, 0.717) is 12.1 Å². The van der Waals surface area contributed by atoms with Crippen LogP contribution in [0.1, 0.15) is 24.3 Å². The number of aliphatic imine (C=N–C) groups is 1. The molecule has 0 amide bonds. The number of nitrogens with one attached hydrogen (secondary N) is 1. The predicted molar refractivity (Wildman–Crippen MR) is 125 cm³/mol. The van der Waals surface area contributed by atoms with Crippen LogP contribution in [0.5, 0.6) is 0 Å². The molecule has 0 aliphatic carbocycles. The van der Waals surface area contributed by atoms with Gasteiger partial charge in [0.05, 0.1) is 25.8 Å². The van der Waals surface area contributed by atoms with Crippen molar-refractivity contribution in [2.45, 2.75) is 25.4 Å². The van der Waals surface area contributed by atoms with Gasteiger partial charge in [-0.05, 0) is 38.9 Å². The molecule has 6 nitrogen and oxygen atoms in total. The topological polar surface area (TPSA) is 43.3 Å². The van der Waals surface area contributed by atoms with Gasteiger partial charge < -0.3 is 19.9 Å². The van der Waals surface area contributed by atoms with E-state index in [1.165, 1.54) is 11.3 Å². The van der Waals surface area contributed by atoms with E-state index in [1.807, 2.05) is 11.3 Å². The number of thiophene rings is 1. The number of hydrogen-bond acceptors (Lipinski definition) is 5. The Morgan fingerprint density at radius 3 is 2.78 bits per heavy atom. The molecule has 2 fully saturated rings. The van der Waals surface area contributed by atoms with E-state index in [0.717, 1.165) is 58.4 Å². The fourth-order valence-corrected chi connectivity index (χ4v) is 4.68. The third kappa shape index (κ3) is 6.28. The second-order valence-corrected chi connectivity index (χ2v) is 8.21. The van der Waals surface area contributed by atoms with E-state index < -0.39 is 0 Å². The zero-order valence-corrected chi connectivity index (χ0v) is 19.9. The predicted octanol–water partition coefficient (Wildman–Crippen LogP) is 2.34. The molecule has 0 aromatic carbocycles. The molecule has 8 heteroatoms. The van der Waals surface area contributed by atoms with Gasteiger partial charge in [0.1, 0.15) is 0 Å². The SMILES string of the molecule is CCNC(=NCC(c1cccs1)N(C)C)N1CCC(N2CCOCC2)C1.I. The summed E-state index contributed by atoms with van der Waals surface area (Å²) in [5.41, 5.74) is 0. The van der Waals surface area contributed by atoms with Crippen LogP contribution in [0.2, 0.25) is 0 Å². The maximum Gasteiger partial charge on any atom is 0.194 e. The van der Waals surface area contributed by atoms with Gasteiger partial charge in [-0.2, -0.15) is 0 Å². The molecule has 2 atom stereocenters. The Labute approximate surface area is 185 Å². The summed E-state index contributed by atoms with van der Waals surface area (Å²) >= 11 is 1.81. The minimum Gasteiger partial charge on any atom is -0.379 e. The number of rotatable bonds is 6. The molecule has 3 rings (SSSR count). The highest BCUT2D eigenvalue weighted by Gasteiger charge is 2.30. The Hall–Kier alpha value is -0.420. The van der Waals surface area contributed by atoms with Gasteiger partial charge in [0.25, 0.3) is 0 Å². The summed E-state index contributed by atoms with van der Waals surface area (Å²) in [7, 11) is 4.27. The lowest BCUT2D eigenvalue weighted by Gasteiger charge is -2.32. The highest BCUT2D eigenvalue weighted by molar-refractivity contribution is 14.0. The Kier molecular flexibility index (Phi) is 9.78. The lowest BCUT2D eigenvalue weighted by molar-refractivity contribution is 0.0195. The van der Waals surface area contributed by atoms with E-state index >= 15 is 0 Å². The van der Waals surface area contributed by atoms with Crippen LogP contribution in [0.3, 0.4) is 0 Å². The quantitative estimate of drug-likeness (QED) is 0.364. The molecular formula is C19H34IN5OS. The fourth-order valence-electron chi connectivity index (χ4n) is 3.76. The normalized spacial score (nSPS) is 22.7. The molecule has 3 heterocycles. The number of nitrogens with zero attached hydrogens (tertiary/aromatic N) is 4. The molecule has 1 aromatic rings. The van der Waals surface area contributed by atoms with Crippen LogP contribution in [0.25, 0.3) is 0 Å². The van der Waals surface area contributed by atoms with Gasteiger partial charge in [-0.15, -0.1) is 35.3 Å². The first-order valence-electron chi connectivity index (χ1n) is 9.74. The lowest BCUT2D eigenvalue weighted by atomic mass is 10.2. The molecule has 0 bridgehead atoms. The monoisotopic (exact) mass is 507 g/mol. The van der Waals surface area contributed by atoms with Crippen molar-refractivity contribution < 1.29 is 4.74 Å². The molecule has 0 spiro atoms. The zero-order valence-electron chi connectivity index (χ0n) is 16.8. The number of halogens is 1. The van der Waals surface area contributed by atoms with Crippen LogP contribution < -0.4 is 5.32 Å². The number of guanidine groups is 1. The number of morpholine rings is 1. The highest BCUT2D eigenvalue weighted by Crippen LogP contribution is 2.24. The first-order valence-corrected chi connectivity index (χ1v) is 10.6. The van der Waals surface area contributed by atoms with E-state index in [9.17, 15) is 0 Å². The molecule has 1 N–H and O–H groups in total. The van der Waals surface area contributed by atoms with Crippen molar-refractivity contribution in [1.82, 2.24) is 20.0 Å². The zero-order chi connectivity index (χ0) is 18.4. The van der Waals surface area contributed by atoms with Crippen molar-refractivity contribution in [2.24, 2.45) is 4.99 Å². The van der Waals surface area contributed by atoms with Gasteiger partial charge in [0.2, 0.25) is 0 Å². The first kappa shape index (κ1) is 22.9. The van der Waals surface area contributed by atoms with Gasteiger partial charge in [0.15, 0.2) is 5.96 Å². The Morgan fingerprint density at radius 1 is 1.37 bits per heavy atom. The fraction of sp³-hybridized carbons (Fsp3) is 0.737. The van der Waals surface area contributed by atoms with Crippen molar-refractivity contribution in [1.29, 1.82) is 0 Å². The highest BCUT2D eigenvalue weighted by atomic mass is 127. The molecule has 1 aromatic heterocycles. The molecule has 2 aliphatic heterocycles. The summed E-state index contributed by atoms with van der Waals surface area (Å²) in [5.74, 6) is 1.06. The molecule has 2 aliphatic rings. The molecule has 27 heavy (non-hydrogen) atoms. The lowest BCUT2D eigenvalue weighted by Crippen LogP contribution is -2.46. The van der Waals surface area contributed by atoms with Crippen molar-refractivity contribution >= 4 is 41.3 Å². The van der Waals surface area contributed by atoms with Crippen LogP contribution in [0.15, 0.2) is 22.5 Å². The molecule has 2 saturated heterocycles. The smallest absolute Gasteiger partial charge is 0.194 e. The summed E-state index contributed by atoms with van der Waals surface area (Å²) < 4.78 is 5.50. The third-order valence-electron chi connectivity index (χ3n) is 5.27. The summed E-state index contributed by atoms with van der Waals surface area (Å²) in [6.07, 6.45) is 1.21. The number of hydrogen-bond donors (Lipinski definition) is 1. The average Bonchev–Trinajstić information content (AvgIpc) is 3.34. The van der Waals surface area contributed by atoms with Gasteiger partial charge in [-0.3, -0.25) is 9.89 Å². The van der Waals surface area contributed by atoms with Crippen molar-refractivity contribution in [2.75, 3.05) is 66.6 Å². The van der Waals surface area contributed by atoms with Gasteiger partial charge in [0, 0.05) is 43.6 Å². The van der Waals surface area contributed by atoms with E-state index in [-0.39, 0.29) is 24.0 Å². The molecule has 2 unspecified atom stereocenters. The number of likely N-dealkylation sites (N-methyl/N-ethyl adjacent to an activating group) is 1. The second kappa shape index (κ2) is 11.5. The average molecular weight is 507 g/mol. The van der Waals surface area contributed by atoms with Crippen molar-refractivity contribution in [3.8, 4) is 0 Å². The van der Waals surface area contributed by atoms with E-state index in [1.54, 1.807) is 0 Å². The van der Waals surface area contributed by atoms with Crippen LogP contribution >= 0.6 is 35.3 Å². The second-order valence-electron chi connectivity index (χ2n) is 7.23. The standard InChI is InChI=1S/C19H33N5OS.HI/c1-4-20-19(21-14-17(22(2)3)18-6-5-13-26-18)24-8-7-16(15-24)23-9-11-25-12-10-23;/h5-6,13,16-17H,4,7-12,14-15H2,1-3H3,(H,20,21);1H. The summed E-state index contributed by atoms with van der Waals surface area (Å²) in [4.78, 5) is 13.7. The minimum absolute atomic E-state index is 0. The minimum atomic E-state index is 0. The van der Waals surface area contributed by atoms with Crippen LogP contribution in [-0.2, 0) is 4.74 Å². The van der Waals surface area contributed by atoms with Crippen LogP contribution in [-0.4, -0.2) is 93.3 Å². The largest absolute Gasteiger partial charge is 0.379 e. The molecular weight excluding hydrogens is 473 g/mol. The summed E-state index contributed by atoms with van der Waals surface area (Å²) in [5, 5.41) is 5.65. The van der Waals surface area contributed by atoms with Crippen LogP contribution in [0, 0.1) is 0 Å². The van der Waals surface area contributed by atoms with Gasteiger partial charge in [-0.25, -0.2) is 0 Å². The number of ether oxygens (including phenoxy) is 1. The Bertz CT molecular complexity index is 562. The maximum absolute atomic E-state index is 5.50.